The molecule has 0 aromatic carbocycles. The number of aliphatic carboxylic acids is 1. The first-order valence-corrected chi connectivity index (χ1v) is 40.2. The highest BCUT2D eigenvalue weighted by Gasteiger charge is 2.22. The minimum atomic E-state index is -1.65. The third kappa shape index (κ3) is 82.3. The molecule has 0 fully saturated rings. The van der Waals surface area contributed by atoms with E-state index in [-0.39, 0.29) is 38.6 Å². The van der Waals surface area contributed by atoms with Crippen LogP contribution in [0.5, 0.6) is 0 Å². The lowest BCUT2D eigenvalue weighted by atomic mass is 10.0. The van der Waals surface area contributed by atoms with Gasteiger partial charge in [-0.2, -0.15) is 0 Å². The van der Waals surface area contributed by atoms with Crippen LogP contribution in [-0.2, 0) is 33.3 Å². The van der Waals surface area contributed by atoms with Crippen molar-refractivity contribution in [1.29, 1.82) is 0 Å². The zero-order chi connectivity index (χ0) is 74.6. The molecule has 0 heterocycles. The summed E-state index contributed by atoms with van der Waals surface area (Å²) in [6, 6.07) is 0. The Balaban J connectivity index is 4.21. The number of carboxylic acids is 1. The Hall–Kier alpha value is -6.91. The minimum Gasteiger partial charge on any atom is -0.545 e. The highest BCUT2D eigenvalue weighted by Crippen LogP contribution is 2.16. The molecule has 0 saturated heterocycles. The van der Waals surface area contributed by atoms with E-state index in [4.69, 9.17) is 18.9 Å². The summed E-state index contributed by atoms with van der Waals surface area (Å²) in [5, 5.41) is 11.9. The molecular weight excluding hydrogens is 1270 g/mol. The molecular formula is C94H145NO8. The minimum absolute atomic E-state index is 0.127. The van der Waals surface area contributed by atoms with Crippen LogP contribution >= 0.6 is 0 Å². The molecule has 0 spiro atoms. The summed E-state index contributed by atoms with van der Waals surface area (Å²) in [4.78, 5) is 37.6. The molecule has 0 rings (SSSR count). The third-order valence-corrected chi connectivity index (χ3v) is 16.1. The molecule has 9 nitrogen and oxygen atoms in total. The predicted octanol–water partition coefficient (Wildman–Crippen LogP) is 25.0. The maximum Gasteiger partial charge on any atom is 0.306 e. The van der Waals surface area contributed by atoms with Gasteiger partial charge >= 0.3 is 11.9 Å². The van der Waals surface area contributed by atoms with Crippen LogP contribution in [-0.4, -0.2) is 82.3 Å². The van der Waals surface area contributed by atoms with Crippen LogP contribution in [0.25, 0.3) is 0 Å². The highest BCUT2D eigenvalue weighted by molar-refractivity contribution is 5.70. The molecule has 0 aromatic rings. The van der Waals surface area contributed by atoms with Gasteiger partial charge in [0.05, 0.1) is 40.3 Å². The summed E-state index contributed by atoms with van der Waals surface area (Å²) >= 11 is 0. The SMILES string of the molecule is CC/C=C\C/C=C\C/C=C\C/C=C\C/C=C\C/C=C\C/C=C\C/C=C\C/C=C\C/C=C\C/C=C\C/C=C\CCCCC(=O)OC(COC(=O)CCCCCCCCCCCCCCCC/C=C\C/C=C\C/C=C\C/C=C\C/C=C\C/C=C\C/C=C\C/C=C\CC)COC(OCC[N+](C)(C)C)C(=O)[O-]. The maximum absolute atomic E-state index is 13.0. The first-order chi connectivity index (χ1) is 50.6. The summed E-state index contributed by atoms with van der Waals surface area (Å²) in [6.45, 7) is 4.44. The van der Waals surface area contributed by atoms with Gasteiger partial charge in [0.15, 0.2) is 12.4 Å². The number of quaternary nitrogens is 1. The standard InChI is InChI=1S/C94H145NO8/c1-6-8-10-12-14-16-18-20-22-24-26-28-30-32-34-36-38-40-42-44-46-48-50-52-54-56-58-60-62-64-66-68-70-72-74-76-78-80-82-84-91(96)101-88-90(89-102-94(93(98)99)100-87-86-95(3,4)5)103-92(97)85-83-81-79-77-75-73-71-69-67-65-63-61-59-57-55-53-51-49-47-45-43-41-39-37-35-33-31-29-27-25-23-21-19-17-15-13-11-9-7-2/h8-11,14-17,20-23,26-29,32-35,38-41,44-47,50-53,57,59,63,65,69,71,75,77,90,94H,6-7,12-13,18-19,24-25,30-31,36-37,42-43,48-49,54-56,58,60-62,64,66-68,70,72-74,76,78-89H2,1-5H3/b10-8-,11-9-,16-14-,17-15-,22-20-,23-21-,28-26-,29-27-,34-32-,35-33-,40-38-,41-39-,46-44-,47-45-,52-50-,53-51-,59-57-,65-63-,71-69-,77-75-. The van der Waals surface area contributed by atoms with Crippen LogP contribution in [0.4, 0.5) is 0 Å². The number of ether oxygens (including phenoxy) is 4. The second kappa shape index (κ2) is 80.8. The molecule has 0 amide bonds. The van der Waals surface area contributed by atoms with Gasteiger partial charge in [-0.15, -0.1) is 0 Å². The lowest BCUT2D eigenvalue weighted by Crippen LogP contribution is -2.44. The Kier molecular flexibility index (Phi) is 75.4. The normalized spacial score (nSPS) is 14.0. The zero-order valence-electron chi connectivity index (χ0n) is 65.6. The van der Waals surface area contributed by atoms with E-state index in [2.05, 4.69) is 257 Å². The van der Waals surface area contributed by atoms with E-state index in [1.807, 2.05) is 21.1 Å². The average Bonchev–Trinajstić information content (AvgIpc) is 0.985. The first kappa shape index (κ1) is 96.1. The number of esters is 2. The fourth-order valence-electron chi connectivity index (χ4n) is 10.1. The maximum atomic E-state index is 13.0. The van der Waals surface area contributed by atoms with Gasteiger partial charge in [-0.25, -0.2) is 0 Å². The number of unbranched alkanes of at least 4 members (excludes halogenated alkanes) is 16. The molecule has 2 atom stereocenters. The zero-order valence-corrected chi connectivity index (χ0v) is 65.6. The van der Waals surface area contributed by atoms with Crippen LogP contribution in [0, 0.1) is 0 Å². The lowest BCUT2D eigenvalue weighted by molar-refractivity contribution is -0.870. The molecule has 0 aromatic heterocycles. The molecule has 0 aliphatic carbocycles. The number of allylic oxidation sites excluding steroid dienone is 40. The Labute approximate surface area is 631 Å². The molecule has 0 bridgehead atoms. The lowest BCUT2D eigenvalue weighted by Gasteiger charge is -2.26. The predicted molar refractivity (Wildman–Crippen MR) is 443 cm³/mol. The van der Waals surface area contributed by atoms with E-state index in [9.17, 15) is 19.5 Å². The van der Waals surface area contributed by atoms with Crippen molar-refractivity contribution in [1.82, 2.24) is 0 Å². The van der Waals surface area contributed by atoms with Gasteiger partial charge in [0.25, 0.3) is 0 Å². The molecule has 103 heavy (non-hydrogen) atoms. The van der Waals surface area contributed by atoms with Crippen molar-refractivity contribution >= 4 is 17.9 Å². The third-order valence-electron chi connectivity index (χ3n) is 16.1. The summed E-state index contributed by atoms with van der Waals surface area (Å²) in [5.74, 6) is -2.37. The molecule has 574 valence electrons. The number of carbonyl (C=O) groups is 3. The Morgan fingerprint density at radius 1 is 0.291 bits per heavy atom. The van der Waals surface area contributed by atoms with Crippen LogP contribution < -0.4 is 5.11 Å². The number of carbonyl (C=O) groups excluding carboxylic acids is 3. The average molecular weight is 1420 g/mol. The summed E-state index contributed by atoms with van der Waals surface area (Å²) in [5.41, 5.74) is 0. The van der Waals surface area contributed by atoms with E-state index in [0.717, 1.165) is 167 Å². The Morgan fingerprint density at radius 3 is 0.796 bits per heavy atom. The van der Waals surface area contributed by atoms with Gasteiger partial charge in [0.1, 0.15) is 13.2 Å². The number of likely N-dealkylation sites (N-methyl/N-ethyl adjacent to an activating group) is 1. The van der Waals surface area contributed by atoms with Gasteiger partial charge < -0.3 is 33.3 Å². The van der Waals surface area contributed by atoms with Gasteiger partial charge in [-0.3, -0.25) is 9.59 Å². The van der Waals surface area contributed by atoms with E-state index in [1.165, 1.54) is 70.6 Å². The van der Waals surface area contributed by atoms with E-state index < -0.39 is 24.3 Å². The largest absolute Gasteiger partial charge is 0.545 e. The van der Waals surface area contributed by atoms with E-state index in [1.54, 1.807) is 0 Å². The Morgan fingerprint density at radius 2 is 0.524 bits per heavy atom. The van der Waals surface area contributed by atoms with Crippen molar-refractivity contribution in [3.05, 3.63) is 243 Å². The topological polar surface area (TPSA) is 111 Å². The molecule has 0 saturated carbocycles. The first-order valence-electron chi connectivity index (χ1n) is 40.2. The van der Waals surface area contributed by atoms with E-state index >= 15 is 0 Å². The second-order valence-corrected chi connectivity index (χ2v) is 26.9. The van der Waals surface area contributed by atoms with Crippen molar-refractivity contribution in [3.8, 4) is 0 Å². The van der Waals surface area contributed by atoms with Gasteiger partial charge in [-0.05, 0) is 167 Å². The number of carboxylic acid groups (broad SMARTS) is 1. The van der Waals surface area contributed by atoms with Crippen LogP contribution in [0.15, 0.2) is 243 Å². The number of hydrogen-bond donors (Lipinski definition) is 0. The summed E-state index contributed by atoms with van der Waals surface area (Å²) in [6.07, 6.45) is 127. The van der Waals surface area contributed by atoms with Crippen molar-refractivity contribution in [2.24, 2.45) is 0 Å². The molecule has 0 aliphatic rings. The summed E-state index contributed by atoms with van der Waals surface area (Å²) in [7, 11) is 5.90. The summed E-state index contributed by atoms with van der Waals surface area (Å²) < 4.78 is 22.8. The molecule has 0 N–H and O–H groups in total. The van der Waals surface area contributed by atoms with Crippen molar-refractivity contribution < 1.29 is 42.9 Å². The van der Waals surface area contributed by atoms with Crippen molar-refractivity contribution in [2.75, 3.05) is 47.5 Å². The number of rotatable bonds is 71. The second-order valence-electron chi connectivity index (χ2n) is 26.9. The van der Waals surface area contributed by atoms with E-state index in [0.29, 0.717) is 17.4 Å². The van der Waals surface area contributed by atoms with Gasteiger partial charge in [-0.1, -0.05) is 334 Å². The van der Waals surface area contributed by atoms with Gasteiger partial charge in [0, 0.05) is 12.8 Å². The monoisotopic (exact) mass is 1420 g/mol. The quantitative estimate of drug-likeness (QED) is 0.0195. The van der Waals surface area contributed by atoms with Crippen molar-refractivity contribution in [2.45, 2.75) is 283 Å². The number of nitrogens with zero attached hydrogens (tertiary/aromatic N) is 1. The highest BCUT2D eigenvalue weighted by atomic mass is 16.7. The fraction of sp³-hybridized carbons (Fsp3) is 0.543. The van der Waals surface area contributed by atoms with Crippen LogP contribution in [0.2, 0.25) is 0 Å². The van der Waals surface area contributed by atoms with Crippen molar-refractivity contribution in [3.63, 3.8) is 0 Å². The fourth-order valence-corrected chi connectivity index (χ4v) is 10.1. The Bertz CT molecular complexity index is 2610. The molecule has 2 unspecified atom stereocenters. The molecule has 0 aliphatic heterocycles. The number of hydrogen-bond acceptors (Lipinski definition) is 8. The smallest absolute Gasteiger partial charge is 0.306 e. The van der Waals surface area contributed by atoms with Gasteiger partial charge in [0.2, 0.25) is 0 Å². The van der Waals surface area contributed by atoms with Crippen LogP contribution in [0.1, 0.15) is 271 Å². The molecule has 9 heteroatoms. The van der Waals surface area contributed by atoms with Crippen LogP contribution in [0.3, 0.4) is 0 Å². The molecule has 0 radical (unpaired) electrons.